The molecule has 0 spiro atoms. The summed E-state index contributed by atoms with van der Waals surface area (Å²) in [6.07, 6.45) is 3.59. The van der Waals surface area contributed by atoms with Crippen molar-refractivity contribution in [3.63, 3.8) is 0 Å². The Morgan fingerprint density at radius 3 is 2.90 bits per heavy atom. The molecule has 2 aliphatic rings. The summed E-state index contributed by atoms with van der Waals surface area (Å²) in [7, 11) is 1.66. The topological polar surface area (TPSA) is 85.9 Å². The molecule has 0 aromatic carbocycles. The maximum absolute atomic E-state index is 13.7. The first-order valence-electron chi connectivity index (χ1n) is 9.90. The number of H-pyrrole nitrogens is 1. The summed E-state index contributed by atoms with van der Waals surface area (Å²) in [4.78, 5) is 25.2. The zero-order valence-corrected chi connectivity index (χ0v) is 16.5. The second-order valence-corrected chi connectivity index (χ2v) is 7.55. The molecule has 160 valence electrons. The fourth-order valence-electron chi connectivity index (χ4n) is 3.76. The number of hydrogen-bond acceptors (Lipinski definition) is 5. The molecule has 1 saturated heterocycles. The molecule has 1 amide bonds. The number of alkyl halides is 3. The summed E-state index contributed by atoms with van der Waals surface area (Å²) in [6, 6.07) is 0.0466. The molecule has 1 atom stereocenters. The minimum absolute atomic E-state index is 0.0466. The van der Waals surface area contributed by atoms with Gasteiger partial charge in [0.2, 0.25) is 5.95 Å². The fraction of sp³-hybridized carbons (Fsp3) is 0.450. The Balaban J connectivity index is 1.79. The van der Waals surface area contributed by atoms with Crippen LogP contribution in [0, 0.1) is 0 Å². The van der Waals surface area contributed by atoms with Crippen LogP contribution < -0.4 is 10.6 Å². The Labute approximate surface area is 171 Å². The van der Waals surface area contributed by atoms with Crippen LogP contribution in [0.5, 0.6) is 0 Å². The first kappa shape index (κ1) is 20.4. The molecule has 2 aliphatic heterocycles. The van der Waals surface area contributed by atoms with Crippen molar-refractivity contribution in [2.24, 2.45) is 0 Å². The lowest BCUT2D eigenvalue weighted by molar-refractivity contribution is -0.137. The van der Waals surface area contributed by atoms with Gasteiger partial charge in [0.15, 0.2) is 0 Å². The Bertz CT molecular complexity index is 962. The van der Waals surface area contributed by atoms with Crippen LogP contribution in [0.2, 0.25) is 0 Å². The highest BCUT2D eigenvalue weighted by molar-refractivity contribution is 5.99. The molecule has 2 aromatic heterocycles. The molecule has 0 radical (unpaired) electrons. The average Bonchev–Trinajstić information content (AvgIpc) is 3.12. The summed E-state index contributed by atoms with van der Waals surface area (Å²) >= 11 is 0. The average molecular weight is 420 g/mol. The highest BCUT2D eigenvalue weighted by Crippen LogP contribution is 2.38. The smallest absolute Gasteiger partial charge is 0.356 e. The number of rotatable bonds is 3. The van der Waals surface area contributed by atoms with Crippen molar-refractivity contribution >= 4 is 17.9 Å². The molecule has 0 saturated carbocycles. The normalized spacial score (nSPS) is 21.0. The van der Waals surface area contributed by atoms with Crippen LogP contribution >= 0.6 is 0 Å². The molecule has 1 unspecified atom stereocenters. The molecule has 1 fully saturated rings. The molecule has 0 bridgehead atoms. The van der Waals surface area contributed by atoms with E-state index in [4.69, 9.17) is 0 Å². The number of piperidine rings is 1. The van der Waals surface area contributed by atoms with Gasteiger partial charge in [0.05, 0.1) is 5.69 Å². The number of aromatic amines is 1. The predicted molar refractivity (Wildman–Crippen MR) is 107 cm³/mol. The number of nitrogens with zero attached hydrogens (tertiary/aromatic N) is 3. The SMILES string of the molecule is CN1CC/C=C\c2c(-c3nc(NC4CCCNC4)ncc3C(F)(F)F)c[nH]c2C1=O. The number of aromatic nitrogens is 3. The highest BCUT2D eigenvalue weighted by atomic mass is 19.4. The third kappa shape index (κ3) is 4.04. The summed E-state index contributed by atoms with van der Waals surface area (Å²) in [5.74, 6) is -0.130. The number of nitrogens with one attached hydrogen (secondary N) is 3. The van der Waals surface area contributed by atoms with Gasteiger partial charge in [-0.15, -0.1) is 0 Å². The lowest BCUT2D eigenvalue weighted by Crippen LogP contribution is -2.38. The van der Waals surface area contributed by atoms with Crippen LogP contribution in [0.25, 0.3) is 17.3 Å². The van der Waals surface area contributed by atoms with Crippen molar-refractivity contribution in [2.75, 3.05) is 32.0 Å². The third-order valence-corrected chi connectivity index (χ3v) is 5.38. The lowest BCUT2D eigenvalue weighted by Gasteiger charge is -2.24. The maximum Gasteiger partial charge on any atom is 0.419 e. The van der Waals surface area contributed by atoms with E-state index in [-0.39, 0.29) is 34.8 Å². The van der Waals surface area contributed by atoms with Crippen molar-refractivity contribution in [1.29, 1.82) is 0 Å². The monoisotopic (exact) mass is 420 g/mol. The molecule has 2 aromatic rings. The predicted octanol–water partition coefficient (Wildman–Crippen LogP) is 3.14. The van der Waals surface area contributed by atoms with E-state index in [1.165, 1.54) is 11.1 Å². The Morgan fingerprint density at radius 1 is 1.33 bits per heavy atom. The van der Waals surface area contributed by atoms with Gasteiger partial charge in [-0.3, -0.25) is 4.79 Å². The first-order valence-corrected chi connectivity index (χ1v) is 9.90. The number of fused-ring (bicyclic) bond motifs is 1. The second kappa shape index (κ2) is 8.10. The van der Waals surface area contributed by atoms with E-state index in [9.17, 15) is 18.0 Å². The Morgan fingerprint density at radius 2 is 2.17 bits per heavy atom. The standard InChI is InChI=1S/C20H23F3N6O/c1-29-8-3-2-6-13-14(10-25-17(13)18(29)30)16-15(20(21,22)23)11-26-19(28-16)27-12-5-4-7-24-9-12/h2,6,10-12,24-25H,3-5,7-9H2,1H3,(H,26,27,28)/b6-2-. The summed E-state index contributed by atoms with van der Waals surface area (Å²) in [5.41, 5.74) is -0.304. The fourth-order valence-corrected chi connectivity index (χ4v) is 3.76. The largest absolute Gasteiger partial charge is 0.419 e. The zero-order chi connectivity index (χ0) is 21.3. The second-order valence-electron chi connectivity index (χ2n) is 7.55. The molecule has 10 heteroatoms. The van der Waals surface area contributed by atoms with Gasteiger partial charge >= 0.3 is 6.18 Å². The van der Waals surface area contributed by atoms with Crippen LogP contribution in [0.4, 0.5) is 19.1 Å². The molecule has 30 heavy (non-hydrogen) atoms. The van der Waals surface area contributed by atoms with Gasteiger partial charge in [-0.2, -0.15) is 13.2 Å². The van der Waals surface area contributed by atoms with Gasteiger partial charge in [-0.1, -0.05) is 12.2 Å². The summed E-state index contributed by atoms with van der Waals surface area (Å²) in [5, 5.41) is 6.37. The van der Waals surface area contributed by atoms with E-state index in [1.54, 1.807) is 13.1 Å². The van der Waals surface area contributed by atoms with Gasteiger partial charge in [0.1, 0.15) is 11.3 Å². The van der Waals surface area contributed by atoms with E-state index in [0.717, 1.165) is 25.6 Å². The molecular weight excluding hydrogens is 397 g/mol. The van der Waals surface area contributed by atoms with Crippen molar-refractivity contribution in [1.82, 2.24) is 25.2 Å². The zero-order valence-electron chi connectivity index (χ0n) is 16.5. The quantitative estimate of drug-likeness (QED) is 0.710. The summed E-state index contributed by atoms with van der Waals surface area (Å²) in [6.45, 7) is 2.15. The minimum Gasteiger partial charge on any atom is -0.356 e. The van der Waals surface area contributed by atoms with Crippen molar-refractivity contribution < 1.29 is 18.0 Å². The highest BCUT2D eigenvalue weighted by Gasteiger charge is 2.37. The number of carbonyl (C=O) groups excluding carboxylic acids is 1. The van der Waals surface area contributed by atoms with Gasteiger partial charge in [0.25, 0.3) is 5.91 Å². The molecular formula is C20H23F3N6O. The molecule has 7 nitrogen and oxygen atoms in total. The van der Waals surface area contributed by atoms with Crippen LogP contribution in [0.3, 0.4) is 0 Å². The summed E-state index contributed by atoms with van der Waals surface area (Å²) < 4.78 is 41.2. The lowest BCUT2D eigenvalue weighted by atomic mass is 10.0. The van der Waals surface area contributed by atoms with Gasteiger partial charge in [0, 0.05) is 49.7 Å². The third-order valence-electron chi connectivity index (χ3n) is 5.38. The minimum atomic E-state index is -4.63. The Hall–Kier alpha value is -2.88. The van der Waals surface area contributed by atoms with Crippen LogP contribution in [-0.4, -0.2) is 58.5 Å². The van der Waals surface area contributed by atoms with Crippen LogP contribution in [-0.2, 0) is 6.18 Å². The molecule has 4 rings (SSSR count). The van der Waals surface area contributed by atoms with Gasteiger partial charge < -0.3 is 20.5 Å². The number of carbonyl (C=O) groups is 1. The van der Waals surface area contributed by atoms with Crippen molar-refractivity contribution in [3.8, 4) is 11.3 Å². The number of anilines is 1. The van der Waals surface area contributed by atoms with Gasteiger partial charge in [-0.25, -0.2) is 9.97 Å². The molecule has 3 N–H and O–H groups in total. The van der Waals surface area contributed by atoms with E-state index >= 15 is 0 Å². The number of hydrogen-bond donors (Lipinski definition) is 3. The first-order chi connectivity index (χ1) is 14.3. The molecule has 4 heterocycles. The van der Waals surface area contributed by atoms with E-state index in [1.807, 2.05) is 6.08 Å². The van der Waals surface area contributed by atoms with E-state index in [2.05, 4.69) is 25.6 Å². The van der Waals surface area contributed by atoms with Gasteiger partial charge in [-0.05, 0) is 25.8 Å². The molecule has 0 aliphatic carbocycles. The maximum atomic E-state index is 13.7. The number of amides is 1. The van der Waals surface area contributed by atoms with Crippen molar-refractivity contribution in [3.05, 3.63) is 35.3 Å². The van der Waals surface area contributed by atoms with E-state index in [0.29, 0.717) is 25.1 Å². The Kier molecular flexibility index (Phi) is 5.50. The van der Waals surface area contributed by atoms with Crippen molar-refractivity contribution in [2.45, 2.75) is 31.5 Å². The van der Waals surface area contributed by atoms with Crippen LogP contribution in [0.1, 0.15) is 40.9 Å². The van der Waals surface area contributed by atoms with Crippen LogP contribution in [0.15, 0.2) is 18.5 Å². The van der Waals surface area contributed by atoms with E-state index < -0.39 is 11.7 Å². The number of halogens is 3.